The number of carbonyl (C=O) groups is 1. The van der Waals surface area contributed by atoms with Crippen molar-refractivity contribution in [2.75, 3.05) is 11.9 Å². The molecule has 0 aliphatic rings. The Hall–Kier alpha value is -1.58. The molecule has 3 nitrogen and oxygen atoms in total. The molecule has 0 aliphatic carbocycles. The van der Waals surface area contributed by atoms with Gasteiger partial charge in [-0.15, -0.1) is 0 Å². The smallest absolute Gasteiger partial charge is 0.242 e. The molecule has 0 heterocycles. The minimum absolute atomic E-state index is 0.110. The molecule has 1 aromatic carbocycles. The van der Waals surface area contributed by atoms with E-state index < -0.39 is 6.04 Å². The molecule has 19 heavy (non-hydrogen) atoms. The van der Waals surface area contributed by atoms with Crippen LogP contribution in [0.1, 0.15) is 32.8 Å². The summed E-state index contributed by atoms with van der Waals surface area (Å²) in [6.07, 6.45) is 0.942. The van der Waals surface area contributed by atoms with Gasteiger partial charge in [-0.05, 0) is 43.9 Å². The topological polar surface area (TPSA) is 41.1 Å². The van der Waals surface area contributed by atoms with Crippen molar-refractivity contribution >= 4 is 11.6 Å². The maximum atomic E-state index is 13.6. The van der Waals surface area contributed by atoms with Crippen LogP contribution in [0.2, 0.25) is 0 Å². The van der Waals surface area contributed by atoms with Crippen LogP contribution in [0.15, 0.2) is 18.2 Å². The molecule has 1 amide bonds. The maximum absolute atomic E-state index is 13.6. The average Bonchev–Trinajstić information content (AvgIpc) is 2.33. The minimum atomic E-state index is -0.455. The van der Waals surface area contributed by atoms with Crippen LogP contribution in [0.4, 0.5) is 10.1 Å². The van der Waals surface area contributed by atoms with Crippen molar-refractivity contribution in [1.82, 2.24) is 5.32 Å². The second-order valence-electron chi connectivity index (χ2n) is 5.32. The van der Waals surface area contributed by atoms with Crippen molar-refractivity contribution in [3.05, 3.63) is 29.6 Å². The summed E-state index contributed by atoms with van der Waals surface area (Å²) in [6, 6.07) is 4.35. The molecule has 0 bridgehead atoms. The number of amides is 1. The zero-order chi connectivity index (χ0) is 14.4. The van der Waals surface area contributed by atoms with Crippen molar-refractivity contribution in [2.45, 2.75) is 40.2 Å². The summed E-state index contributed by atoms with van der Waals surface area (Å²) in [6.45, 7) is 8.48. The highest BCUT2D eigenvalue weighted by Crippen LogP contribution is 2.16. The van der Waals surface area contributed by atoms with Gasteiger partial charge in [-0.25, -0.2) is 4.39 Å². The first-order chi connectivity index (χ1) is 8.90. The molecule has 106 valence electrons. The lowest BCUT2D eigenvalue weighted by atomic mass is 10.1. The molecule has 1 aromatic rings. The molecule has 0 saturated carbocycles. The van der Waals surface area contributed by atoms with Crippen LogP contribution in [-0.2, 0) is 4.79 Å². The van der Waals surface area contributed by atoms with Gasteiger partial charge in [0.15, 0.2) is 0 Å². The zero-order valence-electron chi connectivity index (χ0n) is 12.1. The first kappa shape index (κ1) is 15.5. The van der Waals surface area contributed by atoms with Crippen molar-refractivity contribution in [1.29, 1.82) is 0 Å². The Kier molecular flexibility index (Phi) is 5.80. The predicted molar refractivity (Wildman–Crippen MR) is 76.7 cm³/mol. The van der Waals surface area contributed by atoms with E-state index in [1.165, 1.54) is 6.07 Å². The number of anilines is 1. The van der Waals surface area contributed by atoms with Gasteiger partial charge in [0.25, 0.3) is 0 Å². The van der Waals surface area contributed by atoms with E-state index in [2.05, 4.69) is 24.5 Å². The molecule has 2 N–H and O–H groups in total. The van der Waals surface area contributed by atoms with Crippen molar-refractivity contribution in [3.63, 3.8) is 0 Å². The van der Waals surface area contributed by atoms with Crippen LogP contribution in [0.25, 0.3) is 0 Å². The van der Waals surface area contributed by atoms with E-state index in [4.69, 9.17) is 0 Å². The SMILES string of the molecule is Cc1ccc(F)c(NC(C)C(=O)NCCC(C)C)c1. The lowest BCUT2D eigenvalue weighted by Crippen LogP contribution is -2.38. The number of hydrogen-bond acceptors (Lipinski definition) is 2. The fourth-order valence-electron chi connectivity index (χ4n) is 1.69. The van der Waals surface area contributed by atoms with Gasteiger partial charge in [-0.2, -0.15) is 0 Å². The largest absolute Gasteiger partial charge is 0.372 e. The second-order valence-corrected chi connectivity index (χ2v) is 5.32. The summed E-state index contributed by atoms with van der Waals surface area (Å²) in [7, 11) is 0. The monoisotopic (exact) mass is 266 g/mol. The Morgan fingerprint density at radius 3 is 2.63 bits per heavy atom. The second kappa shape index (κ2) is 7.12. The van der Waals surface area contributed by atoms with Crippen LogP contribution in [-0.4, -0.2) is 18.5 Å². The van der Waals surface area contributed by atoms with E-state index in [1.807, 2.05) is 6.92 Å². The fraction of sp³-hybridized carbons (Fsp3) is 0.533. The van der Waals surface area contributed by atoms with E-state index in [0.29, 0.717) is 18.2 Å². The van der Waals surface area contributed by atoms with Gasteiger partial charge >= 0.3 is 0 Å². The number of benzene rings is 1. The van der Waals surface area contributed by atoms with E-state index in [0.717, 1.165) is 12.0 Å². The number of hydrogen-bond donors (Lipinski definition) is 2. The lowest BCUT2D eigenvalue weighted by Gasteiger charge is -2.16. The molecule has 0 aliphatic heterocycles. The summed E-state index contributed by atoms with van der Waals surface area (Å²) in [5.74, 6) is 0.103. The average molecular weight is 266 g/mol. The van der Waals surface area contributed by atoms with Crippen LogP contribution in [0.5, 0.6) is 0 Å². The lowest BCUT2D eigenvalue weighted by molar-refractivity contribution is -0.121. The normalized spacial score (nSPS) is 12.3. The Morgan fingerprint density at radius 1 is 1.32 bits per heavy atom. The highest BCUT2D eigenvalue weighted by Gasteiger charge is 2.14. The zero-order valence-corrected chi connectivity index (χ0v) is 12.1. The summed E-state index contributed by atoms with van der Waals surface area (Å²) >= 11 is 0. The summed E-state index contributed by atoms with van der Waals surface area (Å²) < 4.78 is 13.6. The predicted octanol–water partition coefficient (Wildman–Crippen LogP) is 3.10. The molecular formula is C15H23FN2O. The highest BCUT2D eigenvalue weighted by atomic mass is 19.1. The van der Waals surface area contributed by atoms with E-state index in [9.17, 15) is 9.18 Å². The summed E-state index contributed by atoms with van der Waals surface area (Å²) in [4.78, 5) is 11.8. The van der Waals surface area contributed by atoms with Crippen molar-refractivity contribution in [3.8, 4) is 0 Å². The number of carbonyl (C=O) groups excluding carboxylic acids is 1. The molecule has 0 saturated heterocycles. The summed E-state index contributed by atoms with van der Waals surface area (Å²) in [5, 5.41) is 5.75. The fourth-order valence-corrected chi connectivity index (χ4v) is 1.69. The maximum Gasteiger partial charge on any atom is 0.242 e. The molecule has 1 atom stereocenters. The third kappa shape index (κ3) is 5.28. The third-order valence-electron chi connectivity index (χ3n) is 2.91. The molecule has 0 aromatic heterocycles. The van der Waals surface area contributed by atoms with E-state index in [-0.39, 0.29) is 11.7 Å². The third-order valence-corrected chi connectivity index (χ3v) is 2.91. The van der Waals surface area contributed by atoms with Crippen LogP contribution in [0.3, 0.4) is 0 Å². The number of rotatable bonds is 6. The Morgan fingerprint density at radius 2 is 2.00 bits per heavy atom. The highest BCUT2D eigenvalue weighted by molar-refractivity contribution is 5.84. The quantitative estimate of drug-likeness (QED) is 0.830. The van der Waals surface area contributed by atoms with Crippen LogP contribution in [0, 0.1) is 18.7 Å². The number of halogens is 1. The van der Waals surface area contributed by atoms with Gasteiger partial charge in [-0.1, -0.05) is 19.9 Å². The Balaban J connectivity index is 2.51. The first-order valence-electron chi connectivity index (χ1n) is 6.70. The van der Waals surface area contributed by atoms with Crippen molar-refractivity contribution in [2.24, 2.45) is 5.92 Å². The minimum Gasteiger partial charge on any atom is -0.372 e. The molecule has 1 rings (SSSR count). The Labute approximate surface area is 114 Å². The van der Waals surface area contributed by atoms with Crippen molar-refractivity contribution < 1.29 is 9.18 Å². The van der Waals surface area contributed by atoms with Gasteiger partial charge < -0.3 is 10.6 Å². The van der Waals surface area contributed by atoms with E-state index >= 15 is 0 Å². The van der Waals surface area contributed by atoms with Gasteiger partial charge in [0, 0.05) is 6.54 Å². The Bertz CT molecular complexity index is 432. The number of nitrogens with one attached hydrogen (secondary N) is 2. The first-order valence-corrected chi connectivity index (χ1v) is 6.70. The van der Waals surface area contributed by atoms with Crippen LogP contribution >= 0.6 is 0 Å². The number of aryl methyl sites for hydroxylation is 1. The standard InChI is InChI=1S/C15H23FN2O/c1-10(2)7-8-17-15(19)12(4)18-14-9-11(3)5-6-13(14)16/h5-6,9-10,12,18H,7-8H2,1-4H3,(H,17,19). The molecular weight excluding hydrogens is 243 g/mol. The van der Waals surface area contributed by atoms with Gasteiger partial charge in [-0.3, -0.25) is 4.79 Å². The van der Waals surface area contributed by atoms with E-state index in [1.54, 1.807) is 19.1 Å². The molecule has 0 radical (unpaired) electrons. The molecule has 1 unspecified atom stereocenters. The van der Waals surface area contributed by atoms with Gasteiger partial charge in [0.1, 0.15) is 11.9 Å². The van der Waals surface area contributed by atoms with Crippen LogP contribution < -0.4 is 10.6 Å². The molecule has 0 fully saturated rings. The summed E-state index contributed by atoms with van der Waals surface area (Å²) in [5.41, 5.74) is 1.32. The molecule has 4 heteroatoms. The van der Waals surface area contributed by atoms with Gasteiger partial charge in [0.2, 0.25) is 5.91 Å². The molecule has 0 spiro atoms. The van der Waals surface area contributed by atoms with Gasteiger partial charge in [0.05, 0.1) is 5.69 Å².